The number of rotatable bonds is 2. The Bertz CT molecular complexity index is 424. The summed E-state index contributed by atoms with van der Waals surface area (Å²) in [6.07, 6.45) is 0. The molecule has 0 aliphatic carbocycles. The summed E-state index contributed by atoms with van der Waals surface area (Å²) in [4.78, 5) is 1.02. The van der Waals surface area contributed by atoms with Crippen molar-refractivity contribution in [3.05, 3.63) is 23.1 Å². The van der Waals surface area contributed by atoms with E-state index >= 15 is 0 Å². The van der Waals surface area contributed by atoms with E-state index in [1.807, 2.05) is 24.4 Å². The third-order valence-corrected chi connectivity index (χ3v) is 2.94. The molecule has 0 unspecified atom stereocenters. The van der Waals surface area contributed by atoms with Crippen molar-refractivity contribution in [2.75, 3.05) is 0 Å². The van der Waals surface area contributed by atoms with Crippen LogP contribution >= 0.6 is 11.3 Å². The van der Waals surface area contributed by atoms with Gasteiger partial charge < -0.3 is 10.0 Å². The zero-order chi connectivity index (χ0) is 10.1. The Morgan fingerprint density at radius 3 is 2.79 bits per heavy atom. The highest BCUT2D eigenvalue weighted by molar-refractivity contribution is 7.13. The Labute approximate surface area is 85.4 Å². The molecule has 2 heterocycles. The van der Waals surface area contributed by atoms with E-state index in [0.29, 0.717) is 5.59 Å². The van der Waals surface area contributed by atoms with Gasteiger partial charge in [0.15, 0.2) is 0 Å². The molecule has 14 heavy (non-hydrogen) atoms. The minimum atomic E-state index is -1.49. The topological polar surface area (TPSA) is 69.1 Å². The molecule has 0 aliphatic heterocycles. The first-order valence-electron chi connectivity index (χ1n) is 4.15. The van der Waals surface area contributed by atoms with Crippen LogP contribution in [-0.2, 0) is 0 Å². The maximum absolute atomic E-state index is 9.00. The monoisotopic (exact) mass is 208 g/mol. The molecule has 0 amide bonds. The molecule has 0 aliphatic rings. The summed E-state index contributed by atoms with van der Waals surface area (Å²) in [6.45, 7) is 1.81. The lowest BCUT2D eigenvalue weighted by Gasteiger charge is -1.96. The molecule has 0 aromatic carbocycles. The molecule has 0 atom stereocenters. The van der Waals surface area contributed by atoms with E-state index in [4.69, 9.17) is 10.0 Å². The van der Waals surface area contributed by atoms with Gasteiger partial charge in [-0.3, -0.25) is 5.10 Å². The second-order valence-electron chi connectivity index (χ2n) is 2.96. The average molecular weight is 208 g/mol. The highest BCUT2D eigenvalue weighted by atomic mass is 32.1. The number of H-pyrrole nitrogens is 1. The standard InChI is InChI=1S/C8H9BN2O2S/c1-5-7(6-3-2-4-14-6)10-11-8(5)9(12)13/h2-4,12-13H,1H3,(H,10,11). The Morgan fingerprint density at radius 1 is 1.50 bits per heavy atom. The lowest BCUT2D eigenvalue weighted by atomic mass is 9.83. The number of hydrogen-bond acceptors (Lipinski definition) is 4. The predicted octanol–water partition coefficient (Wildman–Crippen LogP) is 0.126. The zero-order valence-corrected chi connectivity index (χ0v) is 8.38. The lowest BCUT2D eigenvalue weighted by Crippen LogP contribution is -2.33. The molecule has 0 bridgehead atoms. The van der Waals surface area contributed by atoms with E-state index in [0.717, 1.165) is 16.1 Å². The van der Waals surface area contributed by atoms with Gasteiger partial charge in [0.1, 0.15) is 5.69 Å². The number of aromatic nitrogens is 2. The summed E-state index contributed by atoms with van der Waals surface area (Å²) in [6, 6.07) is 3.88. The first-order valence-corrected chi connectivity index (χ1v) is 5.03. The van der Waals surface area contributed by atoms with Gasteiger partial charge in [-0.15, -0.1) is 11.3 Å². The molecular weight excluding hydrogens is 199 g/mol. The maximum atomic E-state index is 9.00. The van der Waals surface area contributed by atoms with Gasteiger partial charge in [0.25, 0.3) is 0 Å². The molecule has 0 saturated heterocycles. The summed E-state index contributed by atoms with van der Waals surface area (Å²) >= 11 is 1.57. The summed E-state index contributed by atoms with van der Waals surface area (Å²) in [7, 11) is -1.49. The highest BCUT2D eigenvalue weighted by Gasteiger charge is 2.20. The van der Waals surface area contributed by atoms with Crippen molar-refractivity contribution in [3.63, 3.8) is 0 Å². The van der Waals surface area contributed by atoms with Gasteiger partial charge in [-0.25, -0.2) is 0 Å². The van der Waals surface area contributed by atoms with Crippen molar-refractivity contribution in [2.24, 2.45) is 0 Å². The van der Waals surface area contributed by atoms with Crippen LogP contribution in [0.25, 0.3) is 10.6 Å². The zero-order valence-electron chi connectivity index (χ0n) is 7.56. The molecule has 2 rings (SSSR count). The van der Waals surface area contributed by atoms with Gasteiger partial charge in [-0.1, -0.05) is 6.07 Å². The van der Waals surface area contributed by atoms with Gasteiger partial charge in [0.05, 0.1) is 10.5 Å². The smallest absolute Gasteiger partial charge is 0.422 e. The summed E-state index contributed by atoms with van der Waals surface area (Å²) in [5.41, 5.74) is 1.92. The van der Waals surface area contributed by atoms with Crippen LogP contribution in [0.2, 0.25) is 0 Å². The van der Waals surface area contributed by atoms with Crippen LogP contribution in [0, 0.1) is 6.92 Å². The van der Waals surface area contributed by atoms with Crippen molar-refractivity contribution < 1.29 is 10.0 Å². The number of hydrogen-bond donors (Lipinski definition) is 3. The Kier molecular flexibility index (Phi) is 2.41. The molecule has 0 spiro atoms. The minimum Gasteiger partial charge on any atom is -0.422 e. The first kappa shape index (κ1) is 9.45. The summed E-state index contributed by atoms with van der Waals surface area (Å²) in [5, 5.41) is 26.6. The van der Waals surface area contributed by atoms with E-state index in [-0.39, 0.29) is 0 Å². The van der Waals surface area contributed by atoms with E-state index in [1.165, 1.54) is 0 Å². The van der Waals surface area contributed by atoms with Crippen molar-refractivity contribution in [3.8, 4) is 10.6 Å². The Morgan fingerprint density at radius 2 is 2.29 bits per heavy atom. The summed E-state index contributed by atoms with van der Waals surface area (Å²) < 4.78 is 0. The predicted molar refractivity (Wildman–Crippen MR) is 56.5 cm³/mol. The van der Waals surface area contributed by atoms with Gasteiger partial charge >= 0.3 is 7.12 Å². The number of aromatic amines is 1. The minimum absolute atomic E-state index is 0.355. The van der Waals surface area contributed by atoms with Crippen LogP contribution < -0.4 is 5.59 Å². The molecule has 0 radical (unpaired) electrons. The quantitative estimate of drug-likeness (QED) is 0.614. The molecule has 6 heteroatoms. The van der Waals surface area contributed by atoms with Crippen LogP contribution in [0.3, 0.4) is 0 Å². The Balaban J connectivity index is 2.47. The molecule has 0 saturated carbocycles. The third kappa shape index (κ3) is 1.47. The van der Waals surface area contributed by atoms with Gasteiger partial charge in [0, 0.05) is 0 Å². The fourth-order valence-electron chi connectivity index (χ4n) is 1.32. The molecular formula is C8H9BN2O2S. The molecule has 2 aromatic heterocycles. The summed E-state index contributed by atoms with van der Waals surface area (Å²) in [5.74, 6) is 0. The molecule has 2 aromatic rings. The first-order chi connectivity index (χ1) is 6.70. The second kappa shape index (κ2) is 3.57. The SMILES string of the molecule is Cc1c(-c2cccs2)n[nH]c1B(O)O. The molecule has 3 N–H and O–H groups in total. The van der Waals surface area contributed by atoms with Crippen LogP contribution in [0.4, 0.5) is 0 Å². The van der Waals surface area contributed by atoms with Gasteiger partial charge in [-0.05, 0) is 23.9 Å². The second-order valence-corrected chi connectivity index (χ2v) is 3.91. The lowest BCUT2D eigenvalue weighted by molar-refractivity contribution is 0.424. The van der Waals surface area contributed by atoms with E-state index in [9.17, 15) is 0 Å². The van der Waals surface area contributed by atoms with Crippen molar-refractivity contribution >= 4 is 24.0 Å². The third-order valence-electron chi connectivity index (χ3n) is 2.06. The Hall–Kier alpha value is -1.11. The highest BCUT2D eigenvalue weighted by Crippen LogP contribution is 2.24. The largest absolute Gasteiger partial charge is 0.507 e. The molecule has 72 valence electrons. The van der Waals surface area contributed by atoms with E-state index in [2.05, 4.69) is 10.2 Å². The van der Waals surface area contributed by atoms with E-state index in [1.54, 1.807) is 11.3 Å². The fourth-order valence-corrected chi connectivity index (χ4v) is 2.09. The van der Waals surface area contributed by atoms with Gasteiger partial charge in [0.2, 0.25) is 0 Å². The average Bonchev–Trinajstić information content (AvgIpc) is 2.71. The van der Waals surface area contributed by atoms with Crippen LogP contribution in [0.1, 0.15) is 5.56 Å². The van der Waals surface area contributed by atoms with E-state index < -0.39 is 7.12 Å². The van der Waals surface area contributed by atoms with Crippen LogP contribution in [-0.4, -0.2) is 27.4 Å². The van der Waals surface area contributed by atoms with Crippen LogP contribution in [0.15, 0.2) is 17.5 Å². The van der Waals surface area contributed by atoms with Crippen LogP contribution in [0.5, 0.6) is 0 Å². The molecule has 0 fully saturated rings. The van der Waals surface area contributed by atoms with Gasteiger partial charge in [-0.2, -0.15) is 5.10 Å². The van der Waals surface area contributed by atoms with Crippen molar-refractivity contribution in [1.29, 1.82) is 0 Å². The fraction of sp³-hybridized carbons (Fsp3) is 0.125. The maximum Gasteiger partial charge on any atom is 0.507 e. The number of thiophene rings is 1. The normalized spacial score (nSPS) is 10.5. The number of nitrogens with one attached hydrogen (secondary N) is 1. The molecule has 4 nitrogen and oxygen atoms in total. The van der Waals surface area contributed by atoms with Crippen molar-refractivity contribution in [1.82, 2.24) is 10.2 Å². The van der Waals surface area contributed by atoms with Crippen molar-refractivity contribution in [2.45, 2.75) is 6.92 Å². The number of nitrogens with zero attached hydrogens (tertiary/aromatic N) is 1.